The Balaban J connectivity index is 1.94. The van der Waals surface area contributed by atoms with E-state index >= 15 is 0 Å². The van der Waals surface area contributed by atoms with Gasteiger partial charge in [-0.3, -0.25) is 4.90 Å². The fourth-order valence-corrected chi connectivity index (χ4v) is 2.92. The molecule has 1 N–H and O–H groups in total. The maximum atomic E-state index is 13.0. The van der Waals surface area contributed by atoms with Gasteiger partial charge in [-0.25, -0.2) is 0 Å². The Morgan fingerprint density at radius 1 is 1.03 bits per heavy atom. The van der Waals surface area contributed by atoms with Gasteiger partial charge in [0.1, 0.15) is 0 Å². The molecule has 0 fully saturated rings. The van der Waals surface area contributed by atoms with Gasteiger partial charge in [0, 0.05) is 23.8 Å². The summed E-state index contributed by atoms with van der Waals surface area (Å²) >= 11 is 0. The van der Waals surface area contributed by atoms with E-state index in [4.69, 9.17) is 4.74 Å². The quantitative estimate of drug-likeness (QED) is 0.491. The highest BCUT2D eigenvalue weighted by Crippen LogP contribution is 2.31. The van der Waals surface area contributed by atoms with E-state index in [1.165, 1.54) is 12.1 Å². The number of ether oxygens (including phenoxy) is 1. The van der Waals surface area contributed by atoms with Crippen molar-refractivity contribution in [2.24, 2.45) is 0 Å². The first-order valence-electron chi connectivity index (χ1n) is 10.3. The summed E-state index contributed by atoms with van der Waals surface area (Å²) in [6.07, 6.45) is -4.44. The normalized spacial score (nSPS) is 11.8. The molecule has 170 valence electrons. The molecule has 3 rings (SSSR count). The number of benzene rings is 2. The lowest BCUT2D eigenvalue weighted by Gasteiger charge is -2.21. The molecule has 0 bridgehead atoms. The number of hydrogen-bond acceptors (Lipinski definition) is 6. The monoisotopic (exact) mass is 445 g/mol. The molecular formula is C23H26F3N5O. The highest BCUT2D eigenvalue weighted by molar-refractivity contribution is 5.60. The minimum absolute atomic E-state index is 0.0941. The first kappa shape index (κ1) is 23.5. The van der Waals surface area contributed by atoms with E-state index in [0.717, 1.165) is 29.8 Å². The Morgan fingerprint density at radius 3 is 2.47 bits per heavy atom. The van der Waals surface area contributed by atoms with Crippen molar-refractivity contribution in [1.29, 1.82) is 0 Å². The molecule has 0 saturated heterocycles. The van der Waals surface area contributed by atoms with Crippen LogP contribution in [0.25, 0.3) is 11.4 Å². The summed E-state index contributed by atoms with van der Waals surface area (Å²) in [5.74, 6) is 0.467. The number of alkyl halides is 3. The molecule has 32 heavy (non-hydrogen) atoms. The maximum absolute atomic E-state index is 13.0. The van der Waals surface area contributed by atoms with Crippen LogP contribution in [0.4, 0.5) is 24.8 Å². The van der Waals surface area contributed by atoms with E-state index in [-0.39, 0.29) is 17.6 Å². The third-order valence-corrected chi connectivity index (χ3v) is 4.83. The minimum Gasteiger partial charge on any atom is -0.464 e. The third kappa shape index (κ3) is 6.16. The molecule has 0 atom stereocenters. The Hall–Kier alpha value is -3.20. The first-order valence-corrected chi connectivity index (χ1v) is 10.3. The van der Waals surface area contributed by atoms with Crippen molar-refractivity contribution in [3.63, 3.8) is 0 Å². The van der Waals surface area contributed by atoms with Gasteiger partial charge in [0.05, 0.1) is 12.2 Å². The summed E-state index contributed by atoms with van der Waals surface area (Å²) in [6, 6.07) is 13.1. The topological polar surface area (TPSA) is 63.2 Å². The van der Waals surface area contributed by atoms with Gasteiger partial charge < -0.3 is 10.1 Å². The van der Waals surface area contributed by atoms with Crippen LogP contribution in [-0.2, 0) is 12.7 Å². The minimum atomic E-state index is -4.44. The van der Waals surface area contributed by atoms with Crippen LogP contribution in [-0.4, -0.2) is 39.5 Å². The zero-order valence-electron chi connectivity index (χ0n) is 18.4. The lowest BCUT2D eigenvalue weighted by molar-refractivity contribution is -0.137. The van der Waals surface area contributed by atoms with E-state index in [1.54, 1.807) is 6.92 Å². The summed E-state index contributed by atoms with van der Waals surface area (Å²) in [5, 5.41) is 2.84. The largest absolute Gasteiger partial charge is 0.464 e. The summed E-state index contributed by atoms with van der Waals surface area (Å²) in [6.45, 7) is 7.13. The number of halogens is 3. The molecule has 0 aliphatic rings. The highest BCUT2D eigenvalue weighted by Gasteiger charge is 2.30. The Kier molecular flexibility index (Phi) is 7.29. The van der Waals surface area contributed by atoms with Crippen molar-refractivity contribution < 1.29 is 17.9 Å². The SMILES string of the molecule is CCOc1nc(Nc2cccc(C(F)(F)F)c2)nc(-c2cccc(CN(C)C(C)C)c2)n1. The van der Waals surface area contributed by atoms with Gasteiger partial charge in [-0.2, -0.15) is 28.1 Å². The average Bonchev–Trinajstić information content (AvgIpc) is 2.73. The van der Waals surface area contributed by atoms with Crippen molar-refractivity contribution >= 4 is 11.6 Å². The number of hydrogen-bond donors (Lipinski definition) is 1. The Labute approximate surface area is 185 Å². The third-order valence-electron chi connectivity index (χ3n) is 4.83. The number of nitrogens with zero attached hydrogens (tertiary/aromatic N) is 4. The molecule has 0 saturated carbocycles. The van der Waals surface area contributed by atoms with Crippen molar-refractivity contribution in [3.05, 3.63) is 59.7 Å². The van der Waals surface area contributed by atoms with E-state index < -0.39 is 11.7 Å². The fraction of sp³-hybridized carbons (Fsp3) is 0.348. The van der Waals surface area contributed by atoms with E-state index in [9.17, 15) is 13.2 Å². The van der Waals surface area contributed by atoms with Gasteiger partial charge in [0.25, 0.3) is 0 Å². The van der Waals surface area contributed by atoms with Gasteiger partial charge in [-0.15, -0.1) is 0 Å². The Morgan fingerprint density at radius 2 is 1.78 bits per heavy atom. The Bertz CT molecular complexity index is 1060. The molecule has 0 amide bonds. The molecule has 0 radical (unpaired) electrons. The number of nitrogens with one attached hydrogen (secondary N) is 1. The second kappa shape index (κ2) is 9.95. The summed E-state index contributed by atoms with van der Waals surface area (Å²) in [5.41, 5.74) is 1.30. The second-order valence-electron chi connectivity index (χ2n) is 7.61. The molecule has 9 heteroatoms. The highest BCUT2D eigenvalue weighted by atomic mass is 19.4. The second-order valence-corrected chi connectivity index (χ2v) is 7.61. The lowest BCUT2D eigenvalue weighted by Crippen LogP contribution is -2.25. The standard InChI is InChI=1S/C23H26F3N5O/c1-5-32-22-29-20(17-9-6-8-16(12-17)14-31(4)15(2)3)28-21(30-22)27-19-11-7-10-18(13-19)23(24,25)26/h6-13,15H,5,14H2,1-4H3,(H,27,28,29,30). The molecule has 0 spiro atoms. The van der Waals surface area contributed by atoms with Gasteiger partial charge >= 0.3 is 12.2 Å². The molecule has 1 heterocycles. The predicted molar refractivity (Wildman–Crippen MR) is 118 cm³/mol. The predicted octanol–water partition coefficient (Wildman–Crippen LogP) is 5.54. The zero-order valence-corrected chi connectivity index (χ0v) is 18.4. The molecule has 1 aromatic heterocycles. The average molecular weight is 445 g/mol. The van der Waals surface area contributed by atoms with Crippen LogP contribution >= 0.6 is 0 Å². The van der Waals surface area contributed by atoms with Gasteiger partial charge in [-0.05, 0) is 57.6 Å². The number of aromatic nitrogens is 3. The maximum Gasteiger partial charge on any atom is 0.416 e. The van der Waals surface area contributed by atoms with E-state index in [2.05, 4.69) is 39.0 Å². The molecule has 3 aromatic rings. The smallest absolute Gasteiger partial charge is 0.416 e. The van der Waals surface area contributed by atoms with Crippen molar-refractivity contribution in [2.75, 3.05) is 19.0 Å². The molecule has 0 aliphatic carbocycles. The van der Waals surface area contributed by atoms with Crippen molar-refractivity contribution in [2.45, 2.75) is 39.5 Å². The molecule has 6 nitrogen and oxygen atoms in total. The van der Waals surface area contributed by atoms with Gasteiger partial charge in [0.15, 0.2) is 5.82 Å². The van der Waals surface area contributed by atoms with E-state index in [1.807, 2.05) is 31.3 Å². The zero-order chi connectivity index (χ0) is 23.3. The molecular weight excluding hydrogens is 419 g/mol. The van der Waals surface area contributed by atoms with Crippen LogP contribution in [0, 0.1) is 0 Å². The van der Waals surface area contributed by atoms with Crippen LogP contribution < -0.4 is 10.1 Å². The number of rotatable bonds is 8. The van der Waals surface area contributed by atoms with Crippen molar-refractivity contribution in [3.8, 4) is 17.4 Å². The molecule has 0 aliphatic heterocycles. The summed E-state index contributed by atoms with van der Waals surface area (Å²) < 4.78 is 44.6. The summed E-state index contributed by atoms with van der Waals surface area (Å²) in [7, 11) is 2.05. The van der Waals surface area contributed by atoms with E-state index in [0.29, 0.717) is 18.5 Å². The molecule has 2 aromatic carbocycles. The fourth-order valence-electron chi connectivity index (χ4n) is 2.92. The van der Waals surface area contributed by atoms with Gasteiger partial charge in [0.2, 0.25) is 5.95 Å². The molecule has 0 unspecified atom stereocenters. The van der Waals surface area contributed by atoms with Crippen LogP contribution in [0.3, 0.4) is 0 Å². The lowest BCUT2D eigenvalue weighted by atomic mass is 10.1. The van der Waals surface area contributed by atoms with Gasteiger partial charge in [-0.1, -0.05) is 24.3 Å². The van der Waals surface area contributed by atoms with Crippen molar-refractivity contribution in [1.82, 2.24) is 19.9 Å². The summed E-state index contributed by atoms with van der Waals surface area (Å²) in [4.78, 5) is 15.2. The van der Waals surface area contributed by atoms with Crippen LogP contribution in [0.5, 0.6) is 6.01 Å². The first-order chi connectivity index (χ1) is 15.2. The van der Waals surface area contributed by atoms with Crippen LogP contribution in [0.2, 0.25) is 0 Å². The number of anilines is 2. The van der Waals surface area contributed by atoms with Crippen LogP contribution in [0.15, 0.2) is 48.5 Å². The van der Waals surface area contributed by atoms with Crippen LogP contribution in [0.1, 0.15) is 31.9 Å².